The van der Waals surface area contributed by atoms with Crippen LogP contribution in [0.3, 0.4) is 0 Å². The van der Waals surface area contributed by atoms with Crippen LogP contribution in [-0.4, -0.2) is 8.07 Å². The molecule has 0 nitrogen and oxygen atoms in total. The third-order valence-corrected chi connectivity index (χ3v) is 18.3. The van der Waals surface area contributed by atoms with E-state index < -0.39 is 8.07 Å². The van der Waals surface area contributed by atoms with Gasteiger partial charge >= 0.3 is 0 Å². The van der Waals surface area contributed by atoms with Gasteiger partial charge in [0.25, 0.3) is 0 Å². The number of fused-ring (bicyclic) bond motifs is 2. The Morgan fingerprint density at radius 1 is 0.576 bits per heavy atom. The van der Waals surface area contributed by atoms with Crippen LogP contribution in [0.5, 0.6) is 0 Å². The minimum absolute atomic E-state index is 0.860. The number of rotatable bonds is 10. The normalized spacial score (nSPS) is 37.2. The van der Waals surface area contributed by atoms with Crippen LogP contribution in [0.2, 0.25) is 22.7 Å². The van der Waals surface area contributed by atoms with Crippen molar-refractivity contribution in [1.29, 1.82) is 0 Å². The topological polar surface area (TPSA) is 0 Å². The zero-order valence-corrected chi connectivity index (χ0v) is 22.5. The Kier molecular flexibility index (Phi) is 8.17. The van der Waals surface area contributed by atoms with Crippen LogP contribution in [0.1, 0.15) is 103 Å². The van der Waals surface area contributed by atoms with E-state index in [1.165, 1.54) is 64.2 Å². The van der Waals surface area contributed by atoms with Gasteiger partial charge in [0.15, 0.2) is 0 Å². The summed E-state index contributed by atoms with van der Waals surface area (Å²) in [7, 11) is -1.48. The lowest BCUT2D eigenvalue weighted by molar-refractivity contribution is 0.445. The summed E-state index contributed by atoms with van der Waals surface area (Å²) < 4.78 is 0. The van der Waals surface area contributed by atoms with Gasteiger partial charge in [-0.25, -0.2) is 0 Å². The van der Waals surface area contributed by atoms with E-state index >= 15 is 0 Å². The highest BCUT2D eigenvalue weighted by Crippen LogP contribution is 2.65. The predicted octanol–water partition coefficient (Wildman–Crippen LogP) is 10.2. The molecule has 0 heterocycles. The van der Waals surface area contributed by atoms with Crippen LogP contribution in [0.15, 0.2) is 48.6 Å². The van der Waals surface area contributed by atoms with Crippen LogP contribution in [0, 0.1) is 23.7 Å². The van der Waals surface area contributed by atoms with Crippen LogP contribution in [0.25, 0.3) is 0 Å². The van der Waals surface area contributed by atoms with Gasteiger partial charge in [0.1, 0.15) is 0 Å². The summed E-state index contributed by atoms with van der Waals surface area (Å²) in [5.41, 5.74) is 3.24. The molecule has 182 valence electrons. The first-order valence-corrected chi connectivity index (χ1v) is 17.5. The lowest BCUT2D eigenvalue weighted by atomic mass is 9.91. The smallest absolute Gasteiger partial charge is 0.0641 e. The number of hydrogen-bond donors (Lipinski definition) is 0. The molecule has 0 amide bonds. The highest BCUT2D eigenvalue weighted by atomic mass is 28.3. The van der Waals surface area contributed by atoms with Gasteiger partial charge in [-0.1, -0.05) is 145 Å². The predicted molar refractivity (Wildman–Crippen MR) is 147 cm³/mol. The molecule has 0 bridgehead atoms. The largest absolute Gasteiger partial charge is 0.0808 e. The van der Waals surface area contributed by atoms with Crippen LogP contribution in [0.4, 0.5) is 0 Å². The van der Waals surface area contributed by atoms with Crippen molar-refractivity contribution in [2.24, 2.45) is 23.7 Å². The van der Waals surface area contributed by atoms with Gasteiger partial charge in [0.2, 0.25) is 0 Å². The lowest BCUT2D eigenvalue weighted by Gasteiger charge is -2.53. The highest BCUT2D eigenvalue weighted by Gasteiger charge is 2.59. The minimum atomic E-state index is -1.48. The molecular weight excluding hydrogens is 412 g/mol. The van der Waals surface area contributed by atoms with Crippen molar-refractivity contribution in [1.82, 2.24) is 0 Å². The second-order valence-corrected chi connectivity index (χ2v) is 17.4. The third-order valence-electron chi connectivity index (χ3n) is 10.9. The second kappa shape index (κ2) is 11.3. The third kappa shape index (κ3) is 4.82. The molecule has 33 heavy (non-hydrogen) atoms. The molecule has 0 N–H and O–H groups in total. The highest BCUT2D eigenvalue weighted by molar-refractivity contribution is 6.84. The molecule has 6 atom stereocenters. The maximum Gasteiger partial charge on any atom is 0.0641 e. The number of hydrogen-bond acceptors (Lipinski definition) is 0. The number of unbranched alkanes of at least 4 members (excludes halogenated alkanes) is 5. The van der Waals surface area contributed by atoms with Gasteiger partial charge < -0.3 is 0 Å². The fourth-order valence-electron chi connectivity index (χ4n) is 9.47. The monoisotopic (exact) mass is 462 g/mol. The summed E-state index contributed by atoms with van der Waals surface area (Å²) >= 11 is 0. The molecule has 0 aromatic carbocycles. The van der Waals surface area contributed by atoms with E-state index in [4.69, 9.17) is 0 Å². The Hall–Kier alpha value is -0.823. The molecule has 5 rings (SSSR count). The SMILES string of the molecule is CCCCCCCC[Si](C1CCCCC1)([C@@H]1CCC2C=CC=CC21)[C@@H]1CCC2C=CC=CC21. The maximum atomic E-state index is 2.69. The first-order valence-electron chi connectivity index (χ1n) is 15.0. The van der Waals surface area contributed by atoms with E-state index in [0.717, 1.165) is 40.3 Å². The number of allylic oxidation sites excluding steroid dienone is 8. The molecule has 1 heteroatoms. The molecule has 5 aliphatic rings. The van der Waals surface area contributed by atoms with Gasteiger partial charge in [-0.2, -0.15) is 0 Å². The fourth-order valence-corrected chi connectivity index (χ4v) is 18.3. The van der Waals surface area contributed by atoms with Gasteiger partial charge in [0, 0.05) is 0 Å². The average molecular weight is 463 g/mol. The molecular formula is C32H50Si. The minimum Gasteiger partial charge on any atom is -0.0808 e. The van der Waals surface area contributed by atoms with Crippen LogP contribution < -0.4 is 0 Å². The molecule has 3 fully saturated rings. The second-order valence-electron chi connectivity index (χ2n) is 12.4. The zero-order chi connectivity index (χ0) is 22.5. The van der Waals surface area contributed by atoms with Crippen molar-refractivity contribution in [3.63, 3.8) is 0 Å². The molecule has 0 aliphatic heterocycles. The van der Waals surface area contributed by atoms with E-state index in [1.807, 2.05) is 0 Å². The summed E-state index contributed by atoms with van der Waals surface area (Å²) in [6, 6.07) is 1.67. The molecule has 5 aliphatic carbocycles. The molecule has 4 unspecified atom stereocenters. The molecule has 0 saturated heterocycles. The van der Waals surface area contributed by atoms with Crippen LogP contribution in [-0.2, 0) is 0 Å². The summed E-state index contributed by atoms with van der Waals surface area (Å²) in [4.78, 5) is 0. The van der Waals surface area contributed by atoms with Crippen molar-refractivity contribution in [2.45, 2.75) is 126 Å². The molecule has 3 saturated carbocycles. The van der Waals surface area contributed by atoms with Gasteiger partial charge in [0.05, 0.1) is 8.07 Å². The van der Waals surface area contributed by atoms with E-state index in [9.17, 15) is 0 Å². The Morgan fingerprint density at radius 2 is 1.12 bits per heavy atom. The Labute approximate surface area is 206 Å². The van der Waals surface area contributed by atoms with Gasteiger partial charge in [-0.05, 0) is 53.1 Å². The Bertz CT molecular complexity index is 692. The molecule has 0 aromatic rings. The summed E-state index contributed by atoms with van der Waals surface area (Å²) in [6.45, 7) is 2.35. The van der Waals surface area contributed by atoms with E-state index in [2.05, 4.69) is 55.5 Å². The Morgan fingerprint density at radius 3 is 1.73 bits per heavy atom. The lowest BCUT2D eigenvalue weighted by Crippen LogP contribution is -2.52. The van der Waals surface area contributed by atoms with Crippen molar-refractivity contribution < 1.29 is 0 Å². The quantitative estimate of drug-likeness (QED) is 0.224. The zero-order valence-electron chi connectivity index (χ0n) is 21.5. The van der Waals surface area contributed by atoms with E-state index in [0.29, 0.717) is 0 Å². The average Bonchev–Trinajstić information content (AvgIpc) is 3.50. The van der Waals surface area contributed by atoms with Crippen LogP contribution >= 0.6 is 0 Å². The molecule has 0 aromatic heterocycles. The maximum absolute atomic E-state index is 2.69. The van der Waals surface area contributed by atoms with Crippen molar-refractivity contribution >= 4 is 8.07 Å². The molecule has 0 radical (unpaired) electrons. The Balaban J connectivity index is 1.47. The first kappa shape index (κ1) is 23.9. The van der Waals surface area contributed by atoms with E-state index in [-0.39, 0.29) is 0 Å². The van der Waals surface area contributed by atoms with Gasteiger partial charge in [-0.3, -0.25) is 0 Å². The van der Waals surface area contributed by atoms with E-state index in [1.54, 1.807) is 38.1 Å². The summed E-state index contributed by atoms with van der Waals surface area (Å²) in [5, 5.41) is 0. The van der Waals surface area contributed by atoms with Crippen molar-refractivity contribution in [3.8, 4) is 0 Å². The fraction of sp³-hybridized carbons (Fsp3) is 0.750. The van der Waals surface area contributed by atoms with Crippen molar-refractivity contribution in [2.75, 3.05) is 0 Å². The van der Waals surface area contributed by atoms with Crippen molar-refractivity contribution in [3.05, 3.63) is 48.6 Å². The summed E-state index contributed by atoms with van der Waals surface area (Å²) in [6.07, 6.45) is 42.8. The summed E-state index contributed by atoms with van der Waals surface area (Å²) in [5.74, 6) is 3.48. The standard InChI is InChI=1S/C32H50Si/c1-2-3-4-5-6-14-25-33(28-17-8-7-9-18-28,31-23-21-26-15-10-12-19-29(26)31)32-24-22-27-16-11-13-20-30(27)32/h10-13,15-16,19-20,26-32H,2-9,14,17-18,21-25H2,1H3/t26?,27?,29?,30?,31-,32-,33?/m1/s1. The molecule has 0 spiro atoms. The first-order chi connectivity index (χ1) is 16.3. The van der Waals surface area contributed by atoms with Gasteiger partial charge in [-0.15, -0.1) is 0 Å².